The fraction of sp³-hybridized carbons (Fsp3) is 0.167. The van der Waals surface area contributed by atoms with E-state index in [1.165, 1.54) is 13.0 Å². The van der Waals surface area contributed by atoms with E-state index in [-0.39, 0.29) is 5.46 Å². The first kappa shape index (κ1) is 8.16. The average molecular weight is 155 g/mol. The minimum Gasteiger partial charge on any atom is -0.423 e. The fourth-order valence-corrected chi connectivity index (χ4v) is 0.721. The van der Waals surface area contributed by atoms with E-state index in [2.05, 4.69) is 4.98 Å². The standard InChI is InChI=1S/C6H7BFNO2/c1-4-2-5(7(10)11)3-9-6(4)8/h2-3,10-11H,1H3. The van der Waals surface area contributed by atoms with Crippen molar-refractivity contribution in [2.45, 2.75) is 6.92 Å². The van der Waals surface area contributed by atoms with Gasteiger partial charge in [0, 0.05) is 17.2 Å². The van der Waals surface area contributed by atoms with E-state index in [0.29, 0.717) is 5.56 Å². The Morgan fingerprint density at radius 2 is 2.18 bits per heavy atom. The summed E-state index contributed by atoms with van der Waals surface area (Å²) in [5, 5.41) is 17.3. The molecule has 0 radical (unpaired) electrons. The van der Waals surface area contributed by atoms with Gasteiger partial charge in [0.15, 0.2) is 0 Å². The molecule has 0 aromatic carbocycles. The van der Waals surface area contributed by atoms with Crippen LogP contribution in [0.4, 0.5) is 4.39 Å². The molecular weight excluding hydrogens is 148 g/mol. The normalized spacial score (nSPS) is 9.82. The van der Waals surface area contributed by atoms with Crippen LogP contribution in [0, 0.1) is 12.9 Å². The van der Waals surface area contributed by atoms with Gasteiger partial charge < -0.3 is 10.0 Å². The van der Waals surface area contributed by atoms with Gasteiger partial charge in [0.25, 0.3) is 0 Å². The molecule has 11 heavy (non-hydrogen) atoms. The summed E-state index contributed by atoms with van der Waals surface area (Å²) in [6.45, 7) is 1.51. The number of pyridine rings is 1. The molecule has 0 aliphatic heterocycles. The van der Waals surface area contributed by atoms with Crippen molar-refractivity contribution in [2.24, 2.45) is 0 Å². The van der Waals surface area contributed by atoms with Crippen LogP contribution in [0.5, 0.6) is 0 Å². The van der Waals surface area contributed by atoms with Crippen LogP contribution >= 0.6 is 0 Å². The minimum atomic E-state index is -1.58. The highest BCUT2D eigenvalue weighted by atomic mass is 19.1. The zero-order chi connectivity index (χ0) is 8.43. The molecule has 58 valence electrons. The number of halogens is 1. The van der Waals surface area contributed by atoms with Gasteiger partial charge in [0.2, 0.25) is 5.95 Å². The van der Waals surface area contributed by atoms with E-state index in [9.17, 15) is 4.39 Å². The maximum Gasteiger partial charge on any atom is 0.490 e. The van der Waals surface area contributed by atoms with Gasteiger partial charge in [-0.2, -0.15) is 4.39 Å². The van der Waals surface area contributed by atoms with Gasteiger partial charge in [-0.25, -0.2) is 4.98 Å². The summed E-state index contributed by atoms with van der Waals surface area (Å²) in [6, 6.07) is 1.34. The summed E-state index contributed by atoms with van der Waals surface area (Å²) < 4.78 is 12.5. The summed E-state index contributed by atoms with van der Waals surface area (Å²) in [6.07, 6.45) is 1.09. The van der Waals surface area contributed by atoms with E-state index in [1.807, 2.05) is 0 Å². The van der Waals surface area contributed by atoms with Crippen molar-refractivity contribution in [3.05, 3.63) is 23.8 Å². The molecule has 0 saturated carbocycles. The van der Waals surface area contributed by atoms with Crippen LogP contribution in [0.2, 0.25) is 0 Å². The summed E-state index contributed by atoms with van der Waals surface area (Å²) in [5.74, 6) is -0.589. The second-order valence-corrected chi connectivity index (χ2v) is 2.25. The van der Waals surface area contributed by atoms with Crippen LogP contribution in [0.15, 0.2) is 12.3 Å². The Hall–Kier alpha value is -0.935. The van der Waals surface area contributed by atoms with Gasteiger partial charge in [-0.15, -0.1) is 0 Å². The number of aromatic nitrogens is 1. The maximum atomic E-state index is 12.5. The molecule has 1 rings (SSSR count). The van der Waals surface area contributed by atoms with Gasteiger partial charge in [-0.3, -0.25) is 0 Å². The second kappa shape index (κ2) is 2.98. The molecule has 0 saturated heterocycles. The summed E-state index contributed by atoms with van der Waals surface area (Å²) in [7, 11) is -1.58. The Kier molecular flexibility index (Phi) is 2.21. The third-order valence-corrected chi connectivity index (χ3v) is 1.33. The SMILES string of the molecule is Cc1cc(B(O)O)cnc1F. The van der Waals surface area contributed by atoms with Crippen molar-refractivity contribution in [1.29, 1.82) is 0 Å². The van der Waals surface area contributed by atoms with Crippen molar-refractivity contribution in [3.8, 4) is 0 Å². The van der Waals surface area contributed by atoms with Gasteiger partial charge >= 0.3 is 7.12 Å². The number of hydrogen-bond acceptors (Lipinski definition) is 3. The number of rotatable bonds is 1. The van der Waals surface area contributed by atoms with Gasteiger partial charge in [-0.1, -0.05) is 6.07 Å². The lowest BCUT2D eigenvalue weighted by atomic mass is 9.81. The lowest BCUT2D eigenvalue weighted by molar-refractivity contribution is 0.425. The molecule has 1 aromatic heterocycles. The van der Waals surface area contributed by atoms with E-state index >= 15 is 0 Å². The molecule has 0 atom stereocenters. The number of aryl methyl sites for hydroxylation is 1. The highest BCUT2D eigenvalue weighted by Gasteiger charge is 2.12. The summed E-state index contributed by atoms with van der Waals surface area (Å²) >= 11 is 0. The Balaban J connectivity index is 3.05. The highest BCUT2D eigenvalue weighted by molar-refractivity contribution is 6.58. The van der Waals surface area contributed by atoms with E-state index < -0.39 is 13.1 Å². The predicted octanol–water partition coefficient (Wildman–Crippen LogP) is -0.791. The Morgan fingerprint density at radius 3 is 2.64 bits per heavy atom. The van der Waals surface area contributed by atoms with Crippen LogP contribution in [0.3, 0.4) is 0 Å². The van der Waals surface area contributed by atoms with Crippen molar-refractivity contribution in [3.63, 3.8) is 0 Å². The van der Waals surface area contributed by atoms with Crippen LogP contribution in [0.25, 0.3) is 0 Å². The Morgan fingerprint density at radius 1 is 1.55 bits per heavy atom. The van der Waals surface area contributed by atoms with Crippen molar-refractivity contribution in [2.75, 3.05) is 0 Å². The van der Waals surface area contributed by atoms with Gasteiger partial charge in [0.1, 0.15) is 0 Å². The third-order valence-electron chi connectivity index (χ3n) is 1.33. The maximum absolute atomic E-state index is 12.5. The molecule has 0 bridgehead atoms. The number of nitrogens with zero attached hydrogens (tertiary/aromatic N) is 1. The molecule has 0 aliphatic rings. The first-order valence-electron chi connectivity index (χ1n) is 3.09. The third kappa shape index (κ3) is 1.75. The van der Waals surface area contributed by atoms with E-state index in [4.69, 9.17) is 10.0 Å². The van der Waals surface area contributed by atoms with Crippen molar-refractivity contribution in [1.82, 2.24) is 4.98 Å². The Labute approximate surface area is 63.7 Å². The highest BCUT2D eigenvalue weighted by Crippen LogP contribution is 1.97. The first-order chi connectivity index (χ1) is 5.11. The second-order valence-electron chi connectivity index (χ2n) is 2.25. The topological polar surface area (TPSA) is 53.4 Å². The molecule has 3 nitrogen and oxygen atoms in total. The van der Waals surface area contributed by atoms with Crippen LogP contribution in [-0.4, -0.2) is 22.2 Å². The van der Waals surface area contributed by atoms with Crippen LogP contribution < -0.4 is 5.46 Å². The van der Waals surface area contributed by atoms with Crippen molar-refractivity contribution >= 4 is 12.6 Å². The number of hydrogen-bond donors (Lipinski definition) is 2. The molecule has 0 spiro atoms. The fourth-order valence-electron chi connectivity index (χ4n) is 0.721. The molecule has 1 aromatic rings. The lowest BCUT2D eigenvalue weighted by Gasteiger charge is -1.99. The molecule has 1 heterocycles. The van der Waals surface area contributed by atoms with Crippen molar-refractivity contribution < 1.29 is 14.4 Å². The van der Waals surface area contributed by atoms with E-state index in [0.717, 1.165) is 6.20 Å². The largest absolute Gasteiger partial charge is 0.490 e. The molecular formula is C6H7BFNO2. The minimum absolute atomic E-state index is 0.198. The zero-order valence-electron chi connectivity index (χ0n) is 5.95. The van der Waals surface area contributed by atoms with Gasteiger partial charge in [-0.05, 0) is 6.92 Å². The lowest BCUT2D eigenvalue weighted by Crippen LogP contribution is -2.30. The average Bonchev–Trinajstić information content (AvgIpc) is 1.94. The summed E-state index contributed by atoms with van der Waals surface area (Å²) in [4.78, 5) is 3.31. The molecule has 5 heteroatoms. The van der Waals surface area contributed by atoms with Crippen LogP contribution in [0.1, 0.15) is 5.56 Å². The van der Waals surface area contributed by atoms with Gasteiger partial charge in [0.05, 0.1) is 0 Å². The van der Waals surface area contributed by atoms with Crippen LogP contribution in [-0.2, 0) is 0 Å². The Bertz CT molecular complexity index is 267. The zero-order valence-corrected chi connectivity index (χ0v) is 5.95. The molecule has 0 fully saturated rings. The molecule has 2 N–H and O–H groups in total. The smallest absolute Gasteiger partial charge is 0.423 e. The molecule has 0 aliphatic carbocycles. The summed E-state index contributed by atoms with van der Waals surface area (Å²) in [5.41, 5.74) is 0.500. The quantitative estimate of drug-likeness (QED) is 0.412. The van der Waals surface area contributed by atoms with E-state index in [1.54, 1.807) is 0 Å². The first-order valence-corrected chi connectivity index (χ1v) is 3.09. The predicted molar refractivity (Wildman–Crippen MR) is 38.8 cm³/mol. The molecule has 0 amide bonds. The molecule has 0 unspecified atom stereocenters. The monoisotopic (exact) mass is 155 g/mol.